The van der Waals surface area contributed by atoms with Crippen molar-refractivity contribution < 1.29 is 9.53 Å². The fourth-order valence-corrected chi connectivity index (χ4v) is 3.87. The highest BCUT2D eigenvalue weighted by molar-refractivity contribution is 7.80. The van der Waals surface area contributed by atoms with E-state index in [-0.39, 0.29) is 18.1 Å². The molecule has 7 heteroatoms. The number of carbonyl (C=O) groups is 1. The van der Waals surface area contributed by atoms with Gasteiger partial charge in [-0.2, -0.15) is 0 Å². The van der Waals surface area contributed by atoms with E-state index in [9.17, 15) is 4.79 Å². The average Bonchev–Trinajstić information content (AvgIpc) is 3.14. The highest BCUT2D eigenvalue weighted by Crippen LogP contribution is 2.40. The van der Waals surface area contributed by atoms with Gasteiger partial charge in [0.15, 0.2) is 5.11 Å². The monoisotopic (exact) mass is 372 g/mol. The van der Waals surface area contributed by atoms with E-state index in [4.69, 9.17) is 17.0 Å². The number of carbonyl (C=O) groups excluding carboxylic acids is 1. The van der Waals surface area contributed by atoms with Crippen molar-refractivity contribution >= 4 is 23.3 Å². The lowest BCUT2D eigenvalue weighted by atomic mass is 9.96. The van der Waals surface area contributed by atoms with Crippen LogP contribution in [0.5, 0.6) is 0 Å². The summed E-state index contributed by atoms with van der Waals surface area (Å²) in [4.78, 5) is 21.5. The first kappa shape index (κ1) is 18.4. The van der Waals surface area contributed by atoms with Gasteiger partial charge in [-0.1, -0.05) is 6.07 Å². The first-order valence-electron chi connectivity index (χ1n) is 8.72. The number of thiocarbonyl (C=S) groups is 1. The quantitative estimate of drug-likeness (QED) is 0.600. The SMILES string of the molecule is COC(=O)CCCN1C(=S)NC(c2ccccn2)C1c1cc(C)[nH]c1C. The minimum absolute atomic E-state index is 0.0278. The van der Waals surface area contributed by atoms with E-state index in [1.165, 1.54) is 12.7 Å². The zero-order valence-electron chi connectivity index (χ0n) is 15.3. The molecule has 138 valence electrons. The summed E-state index contributed by atoms with van der Waals surface area (Å²) < 4.78 is 4.75. The molecular weight excluding hydrogens is 348 g/mol. The molecule has 0 aromatic carbocycles. The van der Waals surface area contributed by atoms with E-state index in [0.717, 1.165) is 17.1 Å². The van der Waals surface area contributed by atoms with E-state index in [2.05, 4.69) is 40.1 Å². The average molecular weight is 372 g/mol. The Hall–Kier alpha value is -2.41. The molecule has 2 aromatic rings. The van der Waals surface area contributed by atoms with Crippen LogP contribution in [0.25, 0.3) is 0 Å². The number of methoxy groups -OCH3 is 1. The highest BCUT2D eigenvalue weighted by atomic mass is 32.1. The minimum atomic E-state index is -0.199. The molecule has 0 aliphatic carbocycles. The summed E-state index contributed by atoms with van der Waals surface area (Å²) in [6.07, 6.45) is 2.86. The fraction of sp³-hybridized carbons (Fsp3) is 0.421. The molecule has 2 N–H and O–H groups in total. The van der Waals surface area contributed by atoms with Gasteiger partial charge in [-0.3, -0.25) is 9.78 Å². The molecule has 0 bridgehead atoms. The van der Waals surface area contributed by atoms with Crippen molar-refractivity contribution in [1.29, 1.82) is 0 Å². The second kappa shape index (κ2) is 7.86. The molecule has 0 amide bonds. The van der Waals surface area contributed by atoms with Crippen LogP contribution in [0.3, 0.4) is 0 Å². The van der Waals surface area contributed by atoms with Crippen molar-refractivity contribution in [2.45, 2.75) is 38.8 Å². The van der Waals surface area contributed by atoms with Crippen LogP contribution in [0.2, 0.25) is 0 Å². The number of aromatic amines is 1. The van der Waals surface area contributed by atoms with E-state index in [0.29, 0.717) is 24.5 Å². The number of ether oxygens (including phenoxy) is 1. The number of hydrogen-bond acceptors (Lipinski definition) is 4. The van der Waals surface area contributed by atoms with E-state index in [1.54, 1.807) is 6.20 Å². The Balaban J connectivity index is 1.90. The van der Waals surface area contributed by atoms with E-state index in [1.807, 2.05) is 18.2 Å². The summed E-state index contributed by atoms with van der Waals surface area (Å²) in [5.41, 5.74) is 4.39. The molecular formula is C19H24N4O2S. The number of pyridine rings is 1. The Morgan fingerprint density at radius 2 is 2.19 bits per heavy atom. The molecule has 2 unspecified atom stereocenters. The van der Waals surface area contributed by atoms with Gasteiger partial charge in [0.05, 0.1) is 24.9 Å². The van der Waals surface area contributed by atoms with Gasteiger partial charge >= 0.3 is 5.97 Å². The molecule has 0 spiro atoms. The maximum Gasteiger partial charge on any atom is 0.305 e. The van der Waals surface area contributed by atoms with Gasteiger partial charge < -0.3 is 19.9 Å². The zero-order valence-corrected chi connectivity index (χ0v) is 16.1. The van der Waals surface area contributed by atoms with Gasteiger partial charge in [0.2, 0.25) is 0 Å². The summed E-state index contributed by atoms with van der Waals surface area (Å²) in [6, 6.07) is 8.07. The number of aryl methyl sites for hydroxylation is 2. The summed E-state index contributed by atoms with van der Waals surface area (Å²) >= 11 is 5.61. The van der Waals surface area contributed by atoms with Crippen LogP contribution in [0, 0.1) is 13.8 Å². The summed E-state index contributed by atoms with van der Waals surface area (Å²) in [6.45, 7) is 4.80. The first-order valence-corrected chi connectivity index (χ1v) is 9.13. The number of rotatable bonds is 6. The fourth-order valence-electron chi connectivity index (χ4n) is 3.53. The first-order chi connectivity index (χ1) is 12.5. The van der Waals surface area contributed by atoms with E-state index < -0.39 is 0 Å². The normalized spacial score (nSPS) is 19.5. The molecule has 1 fully saturated rings. The Kier molecular flexibility index (Phi) is 5.56. The lowest BCUT2D eigenvalue weighted by molar-refractivity contribution is -0.140. The maximum absolute atomic E-state index is 11.5. The number of H-pyrrole nitrogens is 1. The van der Waals surface area contributed by atoms with Crippen LogP contribution in [-0.2, 0) is 9.53 Å². The molecule has 0 radical (unpaired) electrons. The summed E-state index contributed by atoms with van der Waals surface area (Å²) in [5, 5.41) is 4.11. The van der Waals surface area contributed by atoms with Crippen LogP contribution >= 0.6 is 12.2 Å². The van der Waals surface area contributed by atoms with Gasteiger partial charge in [-0.25, -0.2) is 0 Å². The highest BCUT2D eigenvalue weighted by Gasteiger charge is 2.40. The Labute approximate surface area is 159 Å². The lowest BCUT2D eigenvalue weighted by Gasteiger charge is -2.27. The zero-order chi connectivity index (χ0) is 18.7. The second-order valence-corrected chi connectivity index (χ2v) is 6.92. The number of nitrogens with one attached hydrogen (secondary N) is 2. The molecule has 3 heterocycles. The smallest absolute Gasteiger partial charge is 0.305 e. The Morgan fingerprint density at radius 1 is 1.38 bits per heavy atom. The molecule has 1 aliphatic rings. The number of aromatic nitrogens is 2. The predicted octanol–water partition coefficient (Wildman–Crippen LogP) is 2.95. The Bertz CT molecular complexity index is 790. The van der Waals surface area contributed by atoms with Crippen molar-refractivity contribution in [3.05, 3.63) is 53.1 Å². The van der Waals surface area contributed by atoms with Crippen molar-refractivity contribution in [2.24, 2.45) is 0 Å². The molecule has 2 atom stereocenters. The largest absolute Gasteiger partial charge is 0.469 e. The third-order valence-electron chi connectivity index (χ3n) is 4.71. The maximum atomic E-state index is 11.5. The van der Waals surface area contributed by atoms with Crippen molar-refractivity contribution in [2.75, 3.05) is 13.7 Å². The van der Waals surface area contributed by atoms with Gasteiger partial charge in [0, 0.05) is 30.6 Å². The van der Waals surface area contributed by atoms with Crippen molar-refractivity contribution in [3.63, 3.8) is 0 Å². The third kappa shape index (κ3) is 3.72. The lowest BCUT2D eigenvalue weighted by Crippen LogP contribution is -2.31. The van der Waals surface area contributed by atoms with Crippen LogP contribution in [-0.4, -0.2) is 39.6 Å². The van der Waals surface area contributed by atoms with Gasteiger partial charge in [-0.05, 0) is 56.2 Å². The van der Waals surface area contributed by atoms with E-state index >= 15 is 0 Å². The van der Waals surface area contributed by atoms with Gasteiger partial charge in [-0.15, -0.1) is 0 Å². The van der Waals surface area contributed by atoms with Crippen LogP contribution in [0.15, 0.2) is 30.5 Å². The standard InChI is InChI=1S/C19H24N4O2S/c1-12-11-14(13(2)21-12)18-17(15-7-4-5-9-20-15)22-19(26)23(18)10-6-8-16(24)25-3/h4-5,7,9,11,17-18,21H,6,8,10H2,1-3H3,(H,22,26). The van der Waals surface area contributed by atoms with Crippen LogP contribution in [0.4, 0.5) is 0 Å². The van der Waals surface area contributed by atoms with Gasteiger partial charge in [0.1, 0.15) is 0 Å². The van der Waals surface area contributed by atoms with Crippen molar-refractivity contribution in [3.8, 4) is 0 Å². The number of hydrogen-bond donors (Lipinski definition) is 2. The molecule has 1 saturated heterocycles. The van der Waals surface area contributed by atoms with Crippen molar-refractivity contribution in [1.82, 2.24) is 20.2 Å². The molecule has 1 aliphatic heterocycles. The van der Waals surface area contributed by atoms with Gasteiger partial charge in [0.25, 0.3) is 0 Å². The second-order valence-electron chi connectivity index (χ2n) is 6.53. The molecule has 2 aromatic heterocycles. The summed E-state index contributed by atoms with van der Waals surface area (Å²) in [5.74, 6) is -0.199. The topological polar surface area (TPSA) is 70.2 Å². The molecule has 3 rings (SSSR count). The number of nitrogens with zero attached hydrogens (tertiary/aromatic N) is 2. The molecule has 6 nitrogen and oxygen atoms in total. The molecule has 0 saturated carbocycles. The van der Waals surface area contributed by atoms with Crippen LogP contribution in [0.1, 0.15) is 47.6 Å². The van der Waals surface area contributed by atoms with Crippen LogP contribution < -0.4 is 5.32 Å². The minimum Gasteiger partial charge on any atom is -0.469 e. The predicted molar refractivity (Wildman–Crippen MR) is 104 cm³/mol. The molecule has 26 heavy (non-hydrogen) atoms. The Morgan fingerprint density at radius 3 is 2.81 bits per heavy atom. The number of esters is 1. The third-order valence-corrected chi connectivity index (χ3v) is 5.07. The summed E-state index contributed by atoms with van der Waals surface area (Å²) in [7, 11) is 1.41.